The molecule has 15 heavy (non-hydrogen) atoms. The van der Waals surface area contributed by atoms with E-state index in [0.717, 1.165) is 24.9 Å². The van der Waals surface area contributed by atoms with Crippen molar-refractivity contribution in [3.63, 3.8) is 0 Å². The largest absolute Gasteiger partial charge is 0.465 e. The van der Waals surface area contributed by atoms with E-state index in [-0.39, 0.29) is 0 Å². The molecule has 1 amide bonds. The number of anilines is 1. The van der Waals surface area contributed by atoms with Crippen LogP contribution >= 0.6 is 0 Å². The zero-order valence-electron chi connectivity index (χ0n) is 8.86. The molecule has 1 heterocycles. The maximum absolute atomic E-state index is 11.0. The number of carboxylic acid groups (broad SMARTS) is 1. The van der Waals surface area contributed by atoms with Crippen LogP contribution < -0.4 is 4.90 Å². The number of rotatable bonds is 1. The Bertz CT molecular complexity index is 387. The zero-order valence-corrected chi connectivity index (χ0v) is 8.86. The molecule has 0 radical (unpaired) electrons. The van der Waals surface area contributed by atoms with Crippen LogP contribution in [0.4, 0.5) is 10.5 Å². The van der Waals surface area contributed by atoms with Gasteiger partial charge in [0.25, 0.3) is 0 Å². The molecule has 0 spiro atoms. The van der Waals surface area contributed by atoms with Crippen molar-refractivity contribution in [2.75, 3.05) is 11.4 Å². The van der Waals surface area contributed by atoms with Gasteiger partial charge in [-0.1, -0.05) is 19.1 Å². The Kier molecular flexibility index (Phi) is 2.62. The third-order valence-corrected chi connectivity index (χ3v) is 2.90. The zero-order chi connectivity index (χ0) is 10.8. The smallest absolute Gasteiger partial charge is 0.411 e. The van der Waals surface area contributed by atoms with Crippen molar-refractivity contribution in [2.24, 2.45) is 0 Å². The minimum Gasteiger partial charge on any atom is -0.465 e. The van der Waals surface area contributed by atoms with Gasteiger partial charge in [0.2, 0.25) is 0 Å². The average Bonchev–Trinajstić information content (AvgIpc) is 2.27. The minimum absolute atomic E-state index is 0.619. The molecule has 0 unspecified atom stereocenters. The molecule has 0 bridgehead atoms. The molecule has 80 valence electrons. The van der Waals surface area contributed by atoms with Gasteiger partial charge in [0.05, 0.1) is 5.69 Å². The first-order valence-electron chi connectivity index (χ1n) is 5.34. The third-order valence-electron chi connectivity index (χ3n) is 2.90. The van der Waals surface area contributed by atoms with E-state index in [9.17, 15) is 4.79 Å². The van der Waals surface area contributed by atoms with E-state index in [1.807, 2.05) is 12.1 Å². The van der Waals surface area contributed by atoms with Crippen LogP contribution in [0.25, 0.3) is 0 Å². The van der Waals surface area contributed by atoms with Gasteiger partial charge in [-0.3, -0.25) is 4.90 Å². The SMILES string of the molecule is CCc1ccc2c(c1)CCCN2C(=O)O. The Balaban J connectivity index is 2.40. The van der Waals surface area contributed by atoms with Crippen molar-refractivity contribution < 1.29 is 9.90 Å². The number of hydrogen-bond acceptors (Lipinski definition) is 1. The molecule has 1 aromatic carbocycles. The van der Waals surface area contributed by atoms with Crippen molar-refractivity contribution in [3.05, 3.63) is 29.3 Å². The first kappa shape index (κ1) is 10.0. The van der Waals surface area contributed by atoms with Gasteiger partial charge in [0, 0.05) is 6.54 Å². The number of nitrogens with zero attached hydrogens (tertiary/aromatic N) is 1. The molecule has 0 fully saturated rings. The second-order valence-electron chi connectivity index (χ2n) is 3.85. The van der Waals surface area contributed by atoms with E-state index in [1.165, 1.54) is 16.0 Å². The van der Waals surface area contributed by atoms with Crippen molar-refractivity contribution in [1.29, 1.82) is 0 Å². The summed E-state index contributed by atoms with van der Waals surface area (Å²) < 4.78 is 0. The molecule has 2 rings (SSSR count). The number of benzene rings is 1. The fourth-order valence-electron chi connectivity index (χ4n) is 2.07. The van der Waals surface area contributed by atoms with Crippen LogP contribution in [0.15, 0.2) is 18.2 Å². The highest BCUT2D eigenvalue weighted by Crippen LogP contribution is 2.28. The van der Waals surface area contributed by atoms with Gasteiger partial charge in [0.15, 0.2) is 0 Å². The highest BCUT2D eigenvalue weighted by atomic mass is 16.4. The van der Waals surface area contributed by atoms with Crippen molar-refractivity contribution in [2.45, 2.75) is 26.2 Å². The normalized spacial score (nSPS) is 14.9. The summed E-state index contributed by atoms with van der Waals surface area (Å²) in [6, 6.07) is 6.08. The Labute approximate surface area is 89.3 Å². The summed E-state index contributed by atoms with van der Waals surface area (Å²) >= 11 is 0. The van der Waals surface area contributed by atoms with Gasteiger partial charge >= 0.3 is 6.09 Å². The summed E-state index contributed by atoms with van der Waals surface area (Å²) in [7, 11) is 0. The maximum atomic E-state index is 11.0. The van der Waals surface area contributed by atoms with Gasteiger partial charge in [-0.15, -0.1) is 0 Å². The fraction of sp³-hybridized carbons (Fsp3) is 0.417. The molecule has 0 aromatic heterocycles. The second kappa shape index (κ2) is 3.93. The molecule has 1 aromatic rings. The summed E-state index contributed by atoms with van der Waals surface area (Å²) in [5.74, 6) is 0. The first-order chi connectivity index (χ1) is 7.22. The van der Waals surface area contributed by atoms with E-state index >= 15 is 0 Å². The highest BCUT2D eigenvalue weighted by molar-refractivity contribution is 5.87. The number of fused-ring (bicyclic) bond motifs is 1. The van der Waals surface area contributed by atoms with Crippen LogP contribution in [0.5, 0.6) is 0 Å². The quantitative estimate of drug-likeness (QED) is 0.765. The van der Waals surface area contributed by atoms with Crippen LogP contribution in [0.3, 0.4) is 0 Å². The molecule has 1 aliphatic heterocycles. The van der Waals surface area contributed by atoms with E-state index in [2.05, 4.69) is 13.0 Å². The molecular formula is C12H15NO2. The molecule has 3 nitrogen and oxygen atoms in total. The van der Waals surface area contributed by atoms with E-state index < -0.39 is 6.09 Å². The van der Waals surface area contributed by atoms with Crippen LogP contribution in [0.1, 0.15) is 24.5 Å². The summed E-state index contributed by atoms with van der Waals surface area (Å²) in [5, 5.41) is 9.04. The van der Waals surface area contributed by atoms with E-state index in [1.54, 1.807) is 0 Å². The van der Waals surface area contributed by atoms with Crippen LogP contribution in [-0.4, -0.2) is 17.7 Å². The minimum atomic E-state index is -0.847. The van der Waals surface area contributed by atoms with Gasteiger partial charge in [-0.25, -0.2) is 4.79 Å². The number of hydrogen-bond donors (Lipinski definition) is 1. The van der Waals surface area contributed by atoms with Crippen molar-refractivity contribution >= 4 is 11.8 Å². The molecule has 0 aliphatic carbocycles. The molecule has 3 heteroatoms. The van der Waals surface area contributed by atoms with Gasteiger partial charge in [-0.05, 0) is 36.5 Å². The number of carbonyl (C=O) groups is 1. The summed E-state index contributed by atoms with van der Waals surface area (Å²) in [4.78, 5) is 12.4. The number of amides is 1. The Morgan fingerprint density at radius 3 is 3.00 bits per heavy atom. The molecule has 0 saturated carbocycles. The fourth-order valence-corrected chi connectivity index (χ4v) is 2.07. The monoisotopic (exact) mass is 205 g/mol. The van der Waals surface area contributed by atoms with E-state index in [0.29, 0.717) is 6.54 Å². The summed E-state index contributed by atoms with van der Waals surface area (Å²) in [5.41, 5.74) is 3.31. The molecule has 1 N–H and O–H groups in total. The first-order valence-corrected chi connectivity index (χ1v) is 5.34. The van der Waals surface area contributed by atoms with Crippen LogP contribution in [-0.2, 0) is 12.8 Å². The van der Waals surface area contributed by atoms with Gasteiger partial charge in [0.1, 0.15) is 0 Å². The van der Waals surface area contributed by atoms with Crippen LogP contribution in [0.2, 0.25) is 0 Å². The van der Waals surface area contributed by atoms with Crippen molar-refractivity contribution in [3.8, 4) is 0 Å². The van der Waals surface area contributed by atoms with Gasteiger partial charge in [-0.2, -0.15) is 0 Å². The standard InChI is InChI=1S/C12H15NO2/c1-2-9-5-6-11-10(8-9)4-3-7-13(11)12(14)15/h5-6,8H,2-4,7H2,1H3,(H,14,15). The lowest BCUT2D eigenvalue weighted by atomic mass is 9.99. The second-order valence-corrected chi connectivity index (χ2v) is 3.85. The van der Waals surface area contributed by atoms with Gasteiger partial charge < -0.3 is 5.11 Å². The number of aryl methyl sites for hydroxylation is 2. The van der Waals surface area contributed by atoms with Crippen LogP contribution in [0, 0.1) is 0 Å². The van der Waals surface area contributed by atoms with E-state index in [4.69, 9.17) is 5.11 Å². The lowest BCUT2D eigenvalue weighted by Crippen LogP contribution is -2.34. The predicted molar refractivity (Wildman–Crippen MR) is 59.5 cm³/mol. The molecule has 1 aliphatic rings. The lowest BCUT2D eigenvalue weighted by Gasteiger charge is -2.27. The topological polar surface area (TPSA) is 40.5 Å². The molecule has 0 atom stereocenters. The highest BCUT2D eigenvalue weighted by Gasteiger charge is 2.21. The maximum Gasteiger partial charge on any atom is 0.411 e. The Hall–Kier alpha value is -1.51. The predicted octanol–water partition coefficient (Wildman–Crippen LogP) is 2.68. The average molecular weight is 205 g/mol. The Morgan fingerprint density at radius 1 is 1.53 bits per heavy atom. The Morgan fingerprint density at radius 2 is 2.33 bits per heavy atom. The molecule has 0 saturated heterocycles. The van der Waals surface area contributed by atoms with Crippen molar-refractivity contribution in [1.82, 2.24) is 0 Å². The lowest BCUT2D eigenvalue weighted by molar-refractivity contribution is 0.201. The third kappa shape index (κ3) is 1.82. The summed E-state index contributed by atoms with van der Waals surface area (Å²) in [6.07, 6.45) is 2.07. The summed E-state index contributed by atoms with van der Waals surface area (Å²) in [6.45, 7) is 2.73. The molecular weight excluding hydrogens is 190 g/mol.